The fraction of sp³-hybridized carbons (Fsp3) is 0.300. The average Bonchev–Trinajstić information content (AvgIpc) is 2.08. The minimum absolute atomic E-state index is 0. The van der Waals surface area contributed by atoms with Crippen molar-refractivity contribution in [1.82, 2.24) is 0 Å². The maximum atomic E-state index is 11.2. The van der Waals surface area contributed by atoms with E-state index < -0.39 is 6.04 Å². The van der Waals surface area contributed by atoms with Crippen LogP contribution in [0.15, 0.2) is 24.3 Å². The van der Waals surface area contributed by atoms with Gasteiger partial charge in [-0.15, -0.1) is 12.4 Å². The second-order valence-electron chi connectivity index (χ2n) is 3.09. The van der Waals surface area contributed by atoms with Gasteiger partial charge in [-0.1, -0.05) is 18.2 Å². The second-order valence-corrected chi connectivity index (χ2v) is 3.09. The molecule has 0 unspecified atom stereocenters. The zero-order chi connectivity index (χ0) is 9.84. The molecule has 0 aliphatic carbocycles. The van der Waals surface area contributed by atoms with Crippen LogP contribution in [-0.2, 0) is 4.79 Å². The van der Waals surface area contributed by atoms with E-state index in [9.17, 15) is 4.79 Å². The molecule has 4 heteroatoms. The van der Waals surface area contributed by atoms with Crippen molar-refractivity contribution in [2.24, 2.45) is 5.73 Å². The molecule has 3 N–H and O–H groups in total. The van der Waals surface area contributed by atoms with Crippen LogP contribution in [0, 0.1) is 6.92 Å². The van der Waals surface area contributed by atoms with Gasteiger partial charge in [-0.3, -0.25) is 4.79 Å². The summed E-state index contributed by atoms with van der Waals surface area (Å²) in [5.41, 5.74) is 7.28. The van der Waals surface area contributed by atoms with E-state index in [1.165, 1.54) is 0 Å². The zero-order valence-electron chi connectivity index (χ0n) is 8.28. The summed E-state index contributed by atoms with van der Waals surface area (Å²) in [6.45, 7) is 3.60. The van der Waals surface area contributed by atoms with Gasteiger partial charge in [0.2, 0.25) is 5.91 Å². The summed E-state index contributed by atoms with van der Waals surface area (Å²) < 4.78 is 0. The standard InChI is InChI=1S/C10H14N2O.ClH/c1-7-5-3-4-6-9(7)12-10(13)8(2)11;/h3-6,8H,11H2,1-2H3,(H,12,13);1H/t8-;/m1./s1. The first-order chi connectivity index (χ1) is 6.11. The smallest absolute Gasteiger partial charge is 0.241 e. The third kappa shape index (κ3) is 3.36. The summed E-state index contributed by atoms with van der Waals surface area (Å²) in [5.74, 6) is -0.158. The number of benzene rings is 1. The van der Waals surface area contributed by atoms with E-state index in [-0.39, 0.29) is 18.3 Å². The van der Waals surface area contributed by atoms with Crippen molar-refractivity contribution in [3.63, 3.8) is 0 Å². The van der Waals surface area contributed by atoms with Gasteiger partial charge in [0.05, 0.1) is 6.04 Å². The van der Waals surface area contributed by atoms with Crippen LogP contribution in [0.1, 0.15) is 12.5 Å². The van der Waals surface area contributed by atoms with Gasteiger partial charge in [0.15, 0.2) is 0 Å². The number of hydrogen-bond acceptors (Lipinski definition) is 2. The molecule has 3 nitrogen and oxygen atoms in total. The van der Waals surface area contributed by atoms with Crippen LogP contribution in [0.5, 0.6) is 0 Å². The Morgan fingerprint density at radius 3 is 2.50 bits per heavy atom. The van der Waals surface area contributed by atoms with Gasteiger partial charge < -0.3 is 11.1 Å². The van der Waals surface area contributed by atoms with E-state index >= 15 is 0 Å². The summed E-state index contributed by atoms with van der Waals surface area (Å²) in [5, 5.41) is 2.75. The first-order valence-corrected chi connectivity index (χ1v) is 4.23. The maximum absolute atomic E-state index is 11.2. The summed E-state index contributed by atoms with van der Waals surface area (Å²) >= 11 is 0. The van der Waals surface area contributed by atoms with E-state index in [0.29, 0.717) is 0 Å². The minimum atomic E-state index is -0.473. The number of carbonyl (C=O) groups excluding carboxylic acids is 1. The number of carbonyl (C=O) groups is 1. The van der Waals surface area contributed by atoms with Crippen LogP contribution in [0.25, 0.3) is 0 Å². The molecule has 0 heterocycles. The maximum Gasteiger partial charge on any atom is 0.241 e. The predicted octanol–water partition coefficient (Wildman–Crippen LogP) is 1.70. The van der Waals surface area contributed by atoms with E-state index in [2.05, 4.69) is 5.32 Å². The Bertz CT molecular complexity index is 313. The van der Waals surface area contributed by atoms with Crippen molar-refractivity contribution in [3.8, 4) is 0 Å². The largest absolute Gasteiger partial charge is 0.325 e. The van der Waals surface area contributed by atoms with Crippen LogP contribution in [0.3, 0.4) is 0 Å². The third-order valence-electron chi connectivity index (χ3n) is 1.82. The molecule has 0 spiro atoms. The van der Waals surface area contributed by atoms with Crippen molar-refractivity contribution in [1.29, 1.82) is 0 Å². The average molecular weight is 215 g/mol. The van der Waals surface area contributed by atoms with Gasteiger partial charge in [-0.25, -0.2) is 0 Å². The van der Waals surface area contributed by atoms with Crippen LogP contribution in [0.2, 0.25) is 0 Å². The molecular weight excluding hydrogens is 200 g/mol. The molecule has 1 rings (SSSR count). The number of anilines is 1. The lowest BCUT2D eigenvalue weighted by molar-refractivity contribution is -0.117. The Morgan fingerprint density at radius 1 is 1.43 bits per heavy atom. The first kappa shape index (κ1) is 12.9. The summed E-state index contributed by atoms with van der Waals surface area (Å²) in [4.78, 5) is 11.2. The highest BCUT2D eigenvalue weighted by Crippen LogP contribution is 2.12. The van der Waals surface area contributed by atoms with Gasteiger partial charge in [0.25, 0.3) is 0 Å². The minimum Gasteiger partial charge on any atom is -0.325 e. The number of nitrogens with two attached hydrogens (primary N) is 1. The molecule has 1 aromatic carbocycles. The second kappa shape index (κ2) is 5.62. The van der Waals surface area contributed by atoms with Gasteiger partial charge >= 0.3 is 0 Å². The fourth-order valence-electron chi connectivity index (χ4n) is 0.960. The highest BCUT2D eigenvalue weighted by Gasteiger charge is 2.07. The number of aryl methyl sites for hydroxylation is 1. The number of halogens is 1. The Hall–Kier alpha value is -1.06. The van der Waals surface area contributed by atoms with Gasteiger partial charge in [-0.2, -0.15) is 0 Å². The zero-order valence-corrected chi connectivity index (χ0v) is 9.10. The fourth-order valence-corrected chi connectivity index (χ4v) is 0.960. The van der Waals surface area contributed by atoms with Gasteiger partial charge in [0.1, 0.15) is 0 Å². The number of para-hydroxylation sites is 1. The lowest BCUT2D eigenvalue weighted by Crippen LogP contribution is -2.32. The predicted molar refractivity (Wildman–Crippen MR) is 60.7 cm³/mol. The van der Waals surface area contributed by atoms with E-state index in [1.807, 2.05) is 31.2 Å². The summed E-state index contributed by atoms with van der Waals surface area (Å²) in [7, 11) is 0. The molecule has 0 saturated carbocycles. The molecule has 0 bridgehead atoms. The van der Waals surface area contributed by atoms with E-state index in [0.717, 1.165) is 11.3 Å². The van der Waals surface area contributed by atoms with E-state index in [1.54, 1.807) is 6.92 Å². The summed E-state index contributed by atoms with van der Waals surface area (Å²) in [6.07, 6.45) is 0. The molecule has 1 aromatic rings. The molecule has 78 valence electrons. The highest BCUT2D eigenvalue weighted by atomic mass is 35.5. The van der Waals surface area contributed by atoms with Crippen molar-refractivity contribution < 1.29 is 4.79 Å². The molecule has 0 aromatic heterocycles. The van der Waals surface area contributed by atoms with Crippen molar-refractivity contribution in [2.45, 2.75) is 19.9 Å². The normalized spacial score (nSPS) is 11.4. The molecule has 0 fully saturated rings. The molecule has 14 heavy (non-hydrogen) atoms. The Labute approximate surface area is 90.1 Å². The highest BCUT2D eigenvalue weighted by molar-refractivity contribution is 5.94. The summed E-state index contributed by atoms with van der Waals surface area (Å²) in [6, 6.07) is 7.13. The van der Waals surface area contributed by atoms with Crippen molar-refractivity contribution in [3.05, 3.63) is 29.8 Å². The molecular formula is C10H15ClN2O. The van der Waals surface area contributed by atoms with Crippen LogP contribution < -0.4 is 11.1 Å². The van der Waals surface area contributed by atoms with Crippen LogP contribution in [0.4, 0.5) is 5.69 Å². The first-order valence-electron chi connectivity index (χ1n) is 4.23. The topological polar surface area (TPSA) is 55.1 Å². The lowest BCUT2D eigenvalue weighted by Gasteiger charge is -2.09. The van der Waals surface area contributed by atoms with E-state index in [4.69, 9.17) is 5.73 Å². The molecule has 0 radical (unpaired) electrons. The van der Waals surface area contributed by atoms with Crippen molar-refractivity contribution in [2.75, 3.05) is 5.32 Å². The van der Waals surface area contributed by atoms with Crippen LogP contribution >= 0.6 is 12.4 Å². The SMILES string of the molecule is Cc1ccccc1NC(=O)[C@@H](C)N.Cl. The monoisotopic (exact) mass is 214 g/mol. The van der Waals surface area contributed by atoms with Crippen LogP contribution in [-0.4, -0.2) is 11.9 Å². The Balaban J connectivity index is 0.00000169. The molecule has 1 atom stereocenters. The number of nitrogens with one attached hydrogen (secondary N) is 1. The third-order valence-corrected chi connectivity index (χ3v) is 1.82. The number of hydrogen-bond donors (Lipinski definition) is 2. The number of rotatable bonds is 2. The molecule has 0 aliphatic heterocycles. The van der Waals surface area contributed by atoms with Crippen molar-refractivity contribution >= 4 is 24.0 Å². The Kier molecular flexibility index (Phi) is 5.20. The Morgan fingerprint density at radius 2 is 2.00 bits per heavy atom. The van der Waals surface area contributed by atoms with Gasteiger partial charge in [0, 0.05) is 5.69 Å². The number of amides is 1. The van der Waals surface area contributed by atoms with Gasteiger partial charge in [-0.05, 0) is 25.5 Å². The lowest BCUT2D eigenvalue weighted by atomic mass is 10.2. The molecule has 0 saturated heterocycles. The quantitative estimate of drug-likeness (QED) is 0.788. The molecule has 0 aliphatic rings. The molecule has 1 amide bonds.